The topological polar surface area (TPSA) is 167 Å². The van der Waals surface area contributed by atoms with Crippen LogP contribution < -0.4 is 22.1 Å². The number of nitrogens with zero attached hydrogens (tertiary/aromatic N) is 4. The number of aromatic nitrogens is 1. The van der Waals surface area contributed by atoms with Gasteiger partial charge in [-0.05, 0) is 16.7 Å². The maximum atomic E-state index is 9.49. The highest BCUT2D eigenvalue weighted by atomic mass is 16.7. The van der Waals surface area contributed by atoms with E-state index in [9.17, 15) is 5.26 Å². The molecule has 34 heavy (non-hydrogen) atoms. The fraction of sp³-hybridized carbons (Fsp3) is 0.167. The molecular formula is C24H20N8O2. The number of aliphatic imine (C=N–C) groups is 1. The highest BCUT2D eigenvalue weighted by molar-refractivity contribution is 5.98. The van der Waals surface area contributed by atoms with Crippen LogP contribution in [0.4, 0.5) is 17.3 Å². The highest BCUT2D eigenvalue weighted by Gasteiger charge is 2.30. The predicted octanol–water partition coefficient (Wildman–Crippen LogP) is 2.77. The number of benzene rings is 2. The van der Waals surface area contributed by atoms with E-state index in [0.717, 1.165) is 22.3 Å². The van der Waals surface area contributed by atoms with Crippen LogP contribution in [0.1, 0.15) is 34.6 Å². The minimum atomic E-state index is -0.599. The molecule has 2 aliphatic heterocycles. The van der Waals surface area contributed by atoms with E-state index in [-0.39, 0.29) is 23.0 Å². The van der Waals surface area contributed by atoms with Crippen LogP contribution in [0.25, 0.3) is 11.1 Å². The molecule has 0 aliphatic carbocycles. The number of nitrogens with two attached hydrogens (primary N) is 2. The number of fused-ring (bicyclic) bond motifs is 1. The van der Waals surface area contributed by atoms with Gasteiger partial charge in [-0.25, -0.2) is 9.98 Å². The lowest BCUT2D eigenvalue weighted by Gasteiger charge is -2.26. The van der Waals surface area contributed by atoms with Gasteiger partial charge in [0.05, 0.1) is 18.9 Å². The molecule has 2 aromatic carbocycles. The summed E-state index contributed by atoms with van der Waals surface area (Å²) in [7, 11) is 0. The van der Waals surface area contributed by atoms with Gasteiger partial charge in [0, 0.05) is 11.1 Å². The monoisotopic (exact) mass is 452 g/mol. The fourth-order valence-corrected chi connectivity index (χ4v) is 4.17. The van der Waals surface area contributed by atoms with E-state index in [2.05, 4.69) is 20.6 Å². The Labute approximate surface area is 195 Å². The Hall–Kier alpha value is -4.64. The standard InChI is InChI=1S/C24H20N8O2/c25-11-17-19(27)18-20(30-24(29-12-26)32-22(18)31-21(17)28)14-7-5-13(6-8-14)15-3-1-2-4-16(15)23-33-9-10-34-23/h1-8,20,23H,9-10H2,(H6,27,28,29,30,31,32). The molecule has 10 nitrogen and oxygen atoms in total. The number of pyridine rings is 1. The Balaban J connectivity index is 1.57. The van der Waals surface area contributed by atoms with Crippen molar-refractivity contribution in [1.29, 1.82) is 10.5 Å². The second-order valence-electron chi connectivity index (χ2n) is 7.68. The van der Waals surface area contributed by atoms with Gasteiger partial charge in [0.15, 0.2) is 12.5 Å². The van der Waals surface area contributed by atoms with E-state index in [1.165, 1.54) is 0 Å². The van der Waals surface area contributed by atoms with E-state index < -0.39 is 12.3 Å². The summed E-state index contributed by atoms with van der Waals surface area (Å²) in [6.07, 6.45) is 1.45. The van der Waals surface area contributed by atoms with Crippen molar-refractivity contribution in [1.82, 2.24) is 10.3 Å². The molecule has 0 amide bonds. The summed E-state index contributed by atoms with van der Waals surface area (Å²) in [5.74, 6) is 0.559. The van der Waals surface area contributed by atoms with Gasteiger partial charge >= 0.3 is 0 Å². The molecule has 3 heterocycles. The molecule has 0 bridgehead atoms. The molecule has 1 aromatic heterocycles. The number of hydrogen-bond acceptors (Lipinski definition) is 10. The molecule has 0 saturated carbocycles. The minimum Gasteiger partial charge on any atom is -0.397 e. The number of hydrogen-bond donors (Lipinski definition) is 4. The number of nitrogen functional groups attached to an aromatic ring is 2. The first-order valence-electron chi connectivity index (χ1n) is 10.5. The summed E-state index contributed by atoms with van der Waals surface area (Å²) in [4.78, 5) is 8.87. The van der Waals surface area contributed by atoms with E-state index in [4.69, 9.17) is 26.2 Å². The van der Waals surface area contributed by atoms with E-state index in [0.29, 0.717) is 24.6 Å². The summed E-state index contributed by atoms with van der Waals surface area (Å²) in [6, 6.07) is 17.1. The predicted molar refractivity (Wildman–Crippen MR) is 126 cm³/mol. The molecule has 168 valence electrons. The van der Waals surface area contributed by atoms with Gasteiger partial charge < -0.3 is 26.3 Å². The van der Waals surface area contributed by atoms with Crippen LogP contribution >= 0.6 is 0 Å². The molecule has 0 spiro atoms. The largest absolute Gasteiger partial charge is 0.397 e. The quantitative estimate of drug-likeness (QED) is 0.345. The molecule has 0 radical (unpaired) electrons. The van der Waals surface area contributed by atoms with Gasteiger partial charge in [0.25, 0.3) is 0 Å². The molecule has 1 fully saturated rings. The molecule has 10 heteroatoms. The maximum absolute atomic E-state index is 9.49. The van der Waals surface area contributed by atoms with E-state index in [1.54, 1.807) is 0 Å². The lowest BCUT2D eigenvalue weighted by Crippen LogP contribution is -2.32. The first-order valence-corrected chi connectivity index (χ1v) is 10.5. The number of rotatable bonds is 3. The Morgan fingerprint density at radius 2 is 1.76 bits per heavy atom. The average Bonchev–Trinajstić information content (AvgIpc) is 3.39. The van der Waals surface area contributed by atoms with Gasteiger partial charge in [-0.2, -0.15) is 10.5 Å². The van der Waals surface area contributed by atoms with Crippen molar-refractivity contribution in [2.45, 2.75) is 12.3 Å². The second-order valence-corrected chi connectivity index (χ2v) is 7.68. The lowest BCUT2D eigenvalue weighted by atomic mass is 9.92. The third-order valence-electron chi connectivity index (χ3n) is 5.73. The molecule has 5 rings (SSSR count). The van der Waals surface area contributed by atoms with Gasteiger partial charge in [0.2, 0.25) is 5.96 Å². The fourth-order valence-electron chi connectivity index (χ4n) is 4.17. The molecule has 3 aromatic rings. The van der Waals surface area contributed by atoms with E-state index in [1.807, 2.05) is 60.8 Å². The van der Waals surface area contributed by atoms with Crippen molar-refractivity contribution in [3.8, 4) is 23.4 Å². The van der Waals surface area contributed by atoms with Crippen LogP contribution in [0.2, 0.25) is 0 Å². The van der Waals surface area contributed by atoms with Crippen molar-refractivity contribution in [3.05, 3.63) is 70.8 Å². The number of ether oxygens (including phenoxy) is 2. The van der Waals surface area contributed by atoms with Crippen molar-refractivity contribution in [2.24, 2.45) is 4.99 Å². The Morgan fingerprint density at radius 3 is 2.47 bits per heavy atom. The number of guanidine groups is 1. The zero-order valence-corrected chi connectivity index (χ0v) is 17.9. The molecule has 1 atom stereocenters. The van der Waals surface area contributed by atoms with Crippen LogP contribution in [-0.4, -0.2) is 24.2 Å². The highest BCUT2D eigenvalue weighted by Crippen LogP contribution is 2.41. The minimum absolute atomic E-state index is 0.00603. The van der Waals surface area contributed by atoms with Gasteiger partial charge in [-0.1, -0.05) is 48.5 Å². The van der Waals surface area contributed by atoms with Crippen LogP contribution in [0.15, 0.2) is 53.5 Å². The zero-order chi connectivity index (χ0) is 23.7. The second kappa shape index (κ2) is 8.71. The van der Waals surface area contributed by atoms with Gasteiger partial charge in [-0.3, -0.25) is 5.32 Å². The van der Waals surface area contributed by atoms with Crippen LogP contribution in [-0.2, 0) is 9.47 Å². The molecule has 2 aliphatic rings. The lowest BCUT2D eigenvalue weighted by molar-refractivity contribution is -0.0436. The first-order chi connectivity index (χ1) is 16.6. The number of nitriles is 2. The van der Waals surface area contributed by atoms with Crippen molar-refractivity contribution >= 4 is 23.3 Å². The average molecular weight is 452 g/mol. The Bertz CT molecular complexity index is 1370. The third-order valence-corrected chi connectivity index (χ3v) is 5.73. The molecule has 6 N–H and O–H groups in total. The Kier molecular flexibility index (Phi) is 5.44. The molecule has 1 unspecified atom stereocenters. The normalized spacial score (nSPS) is 17.1. The third kappa shape index (κ3) is 3.63. The molecule has 1 saturated heterocycles. The van der Waals surface area contributed by atoms with E-state index >= 15 is 0 Å². The first kappa shape index (κ1) is 21.2. The Morgan fingerprint density at radius 1 is 1.03 bits per heavy atom. The van der Waals surface area contributed by atoms with Crippen molar-refractivity contribution in [3.63, 3.8) is 0 Å². The zero-order valence-electron chi connectivity index (χ0n) is 17.9. The van der Waals surface area contributed by atoms with Gasteiger partial charge in [0.1, 0.15) is 29.3 Å². The van der Waals surface area contributed by atoms with Crippen LogP contribution in [0, 0.1) is 22.8 Å². The molecular weight excluding hydrogens is 432 g/mol. The maximum Gasteiger partial charge on any atom is 0.211 e. The van der Waals surface area contributed by atoms with Crippen LogP contribution in [0.5, 0.6) is 0 Å². The van der Waals surface area contributed by atoms with Crippen molar-refractivity contribution < 1.29 is 9.47 Å². The summed E-state index contributed by atoms with van der Waals surface area (Å²) in [5, 5.41) is 24.0. The van der Waals surface area contributed by atoms with Crippen LogP contribution in [0.3, 0.4) is 0 Å². The number of nitrogens with one attached hydrogen (secondary N) is 2. The summed E-state index contributed by atoms with van der Waals surface area (Å²) < 4.78 is 11.4. The smallest absolute Gasteiger partial charge is 0.211 e. The SMILES string of the molecule is N#CNC1=NC(c2ccc(-c3ccccc3C3OCCO3)cc2)c2c(nc(N)c(C#N)c2N)N1. The summed E-state index contributed by atoms with van der Waals surface area (Å²) in [6.45, 7) is 1.13. The number of anilines is 3. The summed E-state index contributed by atoms with van der Waals surface area (Å²) >= 11 is 0. The van der Waals surface area contributed by atoms with Gasteiger partial charge in [-0.15, -0.1) is 0 Å². The van der Waals surface area contributed by atoms with Crippen molar-refractivity contribution in [2.75, 3.05) is 30.0 Å². The summed E-state index contributed by atoms with van der Waals surface area (Å²) in [5.41, 5.74) is 16.8.